The van der Waals surface area contributed by atoms with E-state index in [0.29, 0.717) is 16.6 Å². The number of anilines is 1. The standard InChI is InChI=1S/C19H21N3O6S2/c1-4-29-9-12-8-15(23)22-19(20-12)30-10-16(24)21-14-7-11(17(25)27-2)5-6-13(14)18(26)28-3/h5-8H,4,9-10H2,1-3H3,(H,21,24)(H,20,22,23). The highest BCUT2D eigenvalue weighted by Gasteiger charge is 2.17. The van der Waals surface area contributed by atoms with Crippen LogP contribution in [0, 0.1) is 0 Å². The number of ether oxygens (including phenoxy) is 2. The van der Waals surface area contributed by atoms with Gasteiger partial charge in [0, 0.05) is 11.8 Å². The van der Waals surface area contributed by atoms with Crippen LogP contribution in [0.5, 0.6) is 0 Å². The molecule has 0 fully saturated rings. The minimum Gasteiger partial charge on any atom is -0.465 e. The molecule has 0 aliphatic carbocycles. The van der Waals surface area contributed by atoms with Crippen LogP contribution in [-0.2, 0) is 20.0 Å². The van der Waals surface area contributed by atoms with Crippen LogP contribution in [0.15, 0.2) is 34.2 Å². The lowest BCUT2D eigenvalue weighted by Gasteiger charge is -2.11. The van der Waals surface area contributed by atoms with Crippen molar-refractivity contribution in [2.24, 2.45) is 0 Å². The van der Waals surface area contributed by atoms with Gasteiger partial charge in [-0.15, -0.1) is 0 Å². The van der Waals surface area contributed by atoms with E-state index in [1.165, 1.54) is 38.5 Å². The van der Waals surface area contributed by atoms with Gasteiger partial charge in [0.2, 0.25) is 5.91 Å². The van der Waals surface area contributed by atoms with Crippen molar-refractivity contribution in [2.45, 2.75) is 17.8 Å². The van der Waals surface area contributed by atoms with Crippen molar-refractivity contribution in [1.82, 2.24) is 9.97 Å². The van der Waals surface area contributed by atoms with Gasteiger partial charge in [-0.05, 0) is 24.0 Å². The third-order valence-corrected chi connectivity index (χ3v) is 5.47. The first-order valence-electron chi connectivity index (χ1n) is 8.79. The van der Waals surface area contributed by atoms with E-state index in [0.717, 1.165) is 17.5 Å². The molecule has 0 atom stereocenters. The van der Waals surface area contributed by atoms with Crippen LogP contribution >= 0.6 is 23.5 Å². The number of nitrogens with one attached hydrogen (secondary N) is 2. The number of methoxy groups -OCH3 is 2. The summed E-state index contributed by atoms with van der Waals surface area (Å²) < 4.78 is 9.37. The van der Waals surface area contributed by atoms with Crippen LogP contribution in [0.3, 0.4) is 0 Å². The molecule has 1 aromatic carbocycles. The molecule has 1 heterocycles. The lowest BCUT2D eigenvalue weighted by Crippen LogP contribution is -2.18. The summed E-state index contributed by atoms with van der Waals surface area (Å²) in [7, 11) is 2.44. The maximum atomic E-state index is 12.4. The van der Waals surface area contributed by atoms with Crippen LogP contribution < -0.4 is 10.9 Å². The molecule has 2 N–H and O–H groups in total. The van der Waals surface area contributed by atoms with Gasteiger partial charge in [0.15, 0.2) is 5.16 Å². The number of esters is 2. The molecule has 0 unspecified atom stereocenters. The first kappa shape index (κ1) is 23.5. The molecule has 1 amide bonds. The van der Waals surface area contributed by atoms with E-state index < -0.39 is 17.8 Å². The maximum Gasteiger partial charge on any atom is 0.339 e. The predicted octanol–water partition coefficient (Wildman–Crippen LogP) is 2.33. The van der Waals surface area contributed by atoms with Crippen LogP contribution in [0.1, 0.15) is 33.3 Å². The summed E-state index contributed by atoms with van der Waals surface area (Å²) in [6.45, 7) is 2.01. The summed E-state index contributed by atoms with van der Waals surface area (Å²) in [4.78, 5) is 54.8. The van der Waals surface area contributed by atoms with E-state index in [-0.39, 0.29) is 28.1 Å². The second kappa shape index (κ2) is 11.4. The van der Waals surface area contributed by atoms with E-state index in [9.17, 15) is 19.2 Å². The average molecular weight is 452 g/mol. The minimum atomic E-state index is -0.665. The number of H-pyrrole nitrogens is 1. The Morgan fingerprint density at radius 1 is 1.13 bits per heavy atom. The zero-order chi connectivity index (χ0) is 22.1. The summed E-state index contributed by atoms with van der Waals surface area (Å²) in [5.41, 5.74) is 0.712. The molecule has 1 aromatic heterocycles. The van der Waals surface area contributed by atoms with Crippen molar-refractivity contribution >= 4 is 47.1 Å². The number of aromatic amines is 1. The van der Waals surface area contributed by atoms with Crippen molar-refractivity contribution in [1.29, 1.82) is 0 Å². The maximum absolute atomic E-state index is 12.4. The molecule has 30 heavy (non-hydrogen) atoms. The van der Waals surface area contributed by atoms with E-state index in [4.69, 9.17) is 4.74 Å². The van der Waals surface area contributed by atoms with Crippen molar-refractivity contribution < 1.29 is 23.9 Å². The van der Waals surface area contributed by atoms with Gasteiger partial charge in [-0.2, -0.15) is 11.8 Å². The fourth-order valence-corrected chi connectivity index (χ4v) is 3.59. The first-order chi connectivity index (χ1) is 14.4. The van der Waals surface area contributed by atoms with Gasteiger partial charge in [-0.25, -0.2) is 14.6 Å². The van der Waals surface area contributed by atoms with Gasteiger partial charge < -0.3 is 19.8 Å². The number of benzene rings is 1. The molecule has 0 spiro atoms. The zero-order valence-electron chi connectivity index (χ0n) is 16.6. The number of hydrogen-bond donors (Lipinski definition) is 2. The molecule has 0 aliphatic rings. The highest BCUT2D eigenvalue weighted by Crippen LogP contribution is 2.21. The summed E-state index contributed by atoms with van der Waals surface area (Å²) in [5.74, 6) is -0.309. The minimum absolute atomic E-state index is 0.0730. The number of rotatable bonds is 9. The normalized spacial score (nSPS) is 10.4. The summed E-state index contributed by atoms with van der Waals surface area (Å²) in [6.07, 6.45) is 0. The molecular formula is C19H21N3O6S2. The molecule has 0 saturated heterocycles. The van der Waals surface area contributed by atoms with Gasteiger partial charge in [-0.1, -0.05) is 18.7 Å². The highest BCUT2D eigenvalue weighted by atomic mass is 32.2. The fourth-order valence-electron chi connectivity index (χ4n) is 2.33. The Bertz CT molecular complexity index is 992. The monoisotopic (exact) mass is 451 g/mol. The third kappa shape index (κ3) is 6.63. The molecule has 0 bridgehead atoms. The van der Waals surface area contributed by atoms with Gasteiger partial charge in [0.1, 0.15) is 0 Å². The molecule has 11 heteroatoms. The largest absolute Gasteiger partial charge is 0.465 e. The fraction of sp³-hybridized carbons (Fsp3) is 0.316. The van der Waals surface area contributed by atoms with Crippen LogP contribution in [-0.4, -0.2) is 53.5 Å². The number of carbonyl (C=O) groups is 3. The number of aromatic nitrogens is 2. The van der Waals surface area contributed by atoms with Gasteiger partial charge in [0.25, 0.3) is 5.56 Å². The number of carbonyl (C=O) groups excluding carboxylic acids is 3. The Labute approximate surface area is 181 Å². The Hall–Kier alpha value is -2.79. The molecule has 0 radical (unpaired) electrons. The van der Waals surface area contributed by atoms with Crippen molar-refractivity contribution in [3.05, 3.63) is 51.4 Å². The van der Waals surface area contributed by atoms with Crippen molar-refractivity contribution in [3.8, 4) is 0 Å². The van der Waals surface area contributed by atoms with Gasteiger partial charge >= 0.3 is 11.9 Å². The van der Waals surface area contributed by atoms with Crippen LogP contribution in [0.25, 0.3) is 0 Å². The SMILES string of the molecule is CCSCc1cc(=O)[nH]c(SCC(=O)Nc2cc(C(=O)OC)ccc2C(=O)OC)n1. The van der Waals surface area contributed by atoms with E-state index in [1.807, 2.05) is 6.92 Å². The van der Waals surface area contributed by atoms with Crippen LogP contribution in [0.4, 0.5) is 5.69 Å². The Morgan fingerprint density at radius 2 is 1.87 bits per heavy atom. The number of amides is 1. The molecule has 2 rings (SSSR count). The van der Waals surface area contributed by atoms with Crippen molar-refractivity contribution in [3.63, 3.8) is 0 Å². The van der Waals surface area contributed by atoms with Crippen molar-refractivity contribution in [2.75, 3.05) is 31.0 Å². The summed E-state index contributed by atoms with van der Waals surface area (Å²) in [6, 6.07) is 5.53. The quantitative estimate of drug-likeness (QED) is 0.335. The van der Waals surface area contributed by atoms with E-state index in [1.54, 1.807) is 11.8 Å². The van der Waals surface area contributed by atoms with E-state index >= 15 is 0 Å². The predicted molar refractivity (Wildman–Crippen MR) is 115 cm³/mol. The second-order valence-corrected chi connectivity index (χ2v) is 8.00. The molecular weight excluding hydrogens is 430 g/mol. The Kier molecular flexibility index (Phi) is 8.93. The topological polar surface area (TPSA) is 127 Å². The first-order valence-corrected chi connectivity index (χ1v) is 10.9. The molecule has 9 nitrogen and oxygen atoms in total. The van der Waals surface area contributed by atoms with E-state index in [2.05, 4.69) is 20.0 Å². The second-order valence-electron chi connectivity index (χ2n) is 5.76. The average Bonchev–Trinajstić information content (AvgIpc) is 2.74. The Balaban J connectivity index is 2.14. The molecule has 0 saturated carbocycles. The number of nitrogens with zero attached hydrogens (tertiary/aromatic N) is 1. The number of hydrogen-bond acceptors (Lipinski definition) is 9. The highest BCUT2D eigenvalue weighted by molar-refractivity contribution is 7.99. The molecule has 160 valence electrons. The Morgan fingerprint density at radius 3 is 2.53 bits per heavy atom. The lowest BCUT2D eigenvalue weighted by molar-refractivity contribution is -0.113. The third-order valence-electron chi connectivity index (χ3n) is 3.69. The summed E-state index contributed by atoms with van der Waals surface area (Å²) >= 11 is 2.68. The lowest BCUT2D eigenvalue weighted by atomic mass is 10.1. The zero-order valence-corrected chi connectivity index (χ0v) is 18.3. The summed E-state index contributed by atoms with van der Waals surface area (Å²) in [5, 5.41) is 2.91. The molecule has 2 aromatic rings. The van der Waals surface area contributed by atoms with Gasteiger partial charge in [0.05, 0.1) is 42.5 Å². The smallest absolute Gasteiger partial charge is 0.339 e. The van der Waals surface area contributed by atoms with Crippen LogP contribution in [0.2, 0.25) is 0 Å². The molecule has 0 aliphatic heterocycles. The number of thioether (sulfide) groups is 2. The van der Waals surface area contributed by atoms with Gasteiger partial charge in [-0.3, -0.25) is 9.59 Å².